The maximum atomic E-state index is 11.5. The first-order valence-corrected chi connectivity index (χ1v) is 6.67. The number of aryl methyl sites for hydroxylation is 1. The summed E-state index contributed by atoms with van der Waals surface area (Å²) in [6.07, 6.45) is 3.48. The highest BCUT2D eigenvalue weighted by atomic mass is 32.2. The summed E-state index contributed by atoms with van der Waals surface area (Å²) in [7, 11) is -3.58. The van der Waals surface area contributed by atoms with Crippen molar-refractivity contribution in [3.05, 3.63) is 30.1 Å². The van der Waals surface area contributed by atoms with Crippen molar-refractivity contribution in [3.63, 3.8) is 0 Å². The van der Waals surface area contributed by atoms with Crippen molar-refractivity contribution in [1.29, 1.82) is 0 Å². The van der Waals surface area contributed by atoms with Gasteiger partial charge in [0.25, 0.3) is 0 Å². The van der Waals surface area contributed by atoms with Crippen LogP contribution in [-0.4, -0.2) is 36.3 Å². The van der Waals surface area contributed by atoms with Crippen LogP contribution in [0.2, 0.25) is 0 Å². The second kappa shape index (κ2) is 5.74. The lowest BCUT2D eigenvalue weighted by Crippen LogP contribution is -2.39. The number of sulfonamides is 1. The van der Waals surface area contributed by atoms with E-state index in [0.717, 1.165) is 5.56 Å². The van der Waals surface area contributed by atoms with Crippen LogP contribution in [0.15, 0.2) is 24.5 Å². The fourth-order valence-corrected chi connectivity index (χ4v) is 2.44. The summed E-state index contributed by atoms with van der Waals surface area (Å²) < 4.78 is 25.1. The van der Waals surface area contributed by atoms with Gasteiger partial charge in [-0.2, -0.15) is 0 Å². The Bertz CT molecular complexity index is 472. The molecule has 0 bridgehead atoms. The molecule has 0 aliphatic heterocycles. The number of carboxylic acids is 1. The van der Waals surface area contributed by atoms with E-state index in [9.17, 15) is 13.2 Å². The van der Waals surface area contributed by atoms with E-state index in [1.807, 2.05) is 0 Å². The van der Waals surface area contributed by atoms with E-state index < -0.39 is 22.0 Å². The number of carboxylic acid groups (broad SMARTS) is 1. The number of nitrogens with zero attached hydrogens (tertiary/aromatic N) is 1. The van der Waals surface area contributed by atoms with Crippen LogP contribution in [0, 0.1) is 0 Å². The summed E-state index contributed by atoms with van der Waals surface area (Å²) in [6, 6.07) is 2.32. The first-order chi connectivity index (χ1) is 7.91. The number of aromatic nitrogens is 1. The number of pyridine rings is 1. The van der Waals surface area contributed by atoms with Crippen LogP contribution in [0.25, 0.3) is 0 Å². The smallest absolute Gasteiger partial charge is 0.321 e. The Balaban J connectivity index is 2.54. The zero-order valence-corrected chi connectivity index (χ0v) is 10.1. The zero-order valence-electron chi connectivity index (χ0n) is 9.33. The Labute approximate surface area is 99.7 Å². The molecule has 1 unspecified atom stereocenters. The molecule has 1 heterocycles. The number of aliphatic carboxylic acids is 1. The first kappa shape index (κ1) is 13.6. The predicted molar refractivity (Wildman–Crippen MR) is 62.0 cm³/mol. The number of nitrogens with one attached hydrogen (secondary N) is 1. The number of rotatable bonds is 6. The summed E-state index contributed by atoms with van der Waals surface area (Å²) in [5.41, 5.74) is 0.841. The van der Waals surface area contributed by atoms with E-state index in [2.05, 4.69) is 9.71 Å². The molecule has 0 spiro atoms. The van der Waals surface area contributed by atoms with Gasteiger partial charge in [-0.25, -0.2) is 13.1 Å². The Morgan fingerprint density at radius 3 is 2.59 bits per heavy atom. The Morgan fingerprint density at radius 2 is 2.06 bits per heavy atom. The standard InChI is InChI=1S/C10H14N2O4S/c1-8(10(13)14)12-17(15,16)7-4-9-2-5-11-6-3-9/h2-3,5-6,8,12H,4,7H2,1H3,(H,13,14). The van der Waals surface area contributed by atoms with Crippen molar-refractivity contribution in [2.45, 2.75) is 19.4 Å². The van der Waals surface area contributed by atoms with Crippen molar-refractivity contribution in [2.24, 2.45) is 0 Å². The highest BCUT2D eigenvalue weighted by Gasteiger charge is 2.19. The number of hydrogen-bond donors (Lipinski definition) is 2. The predicted octanol–water partition coefficient (Wildman–Crippen LogP) is 0.0166. The fourth-order valence-electron chi connectivity index (χ4n) is 1.18. The minimum Gasteiger partial charge on any atom is -0.480 e. The van der Waals surface area contributed by atoms with Crippen LogP contribution in [-0.2, 0) is 21.2 Å². The summed E-state index contributed by atoms with van der Waals surface area (Å²) in [5, 5.41) is 8.60. The van der Waals surface area contributed by atoms with E-state index in [1.54, 1.807) is 24.5 Å². The summed E-state index contributed by atoms with van der Waals surface area (Å²) in [5.74, 6) is -1.34. The van der Waals surface area contributed by atoms with Gasteiger partial charge in [-0.05, 0) is 31.0 Å². The van der Waals surface area contributed by atoms with E-state index in [1.165, 1.54) is 6.92 Å². The van der Waals surface area contributed by atoms with Crippen molar-refractivity contribution in [2.75, 3.05) is 5.75 Å². The number of hydrogen-bond acceptors (Lipinski definition) is 4. The molecule has 1 aromatic rings. The topological polar surface area (TPSA) is 96.4 Å². The number of carbonyl (C=O) groups is 1. The van der Waals surface area contributed by atoms with Gasteiger partial charge < -0.3 is 5.11 Å². The molecule has 0 amide bonds. The zero-order chi connectivity index (χ0) is 12.9. The monoisotopic (exact) mass is 258 g/mol. The maximum Gasteiger partial charge on any atom is 0.321 e. The van der Waals surface area contributed by atoms with Crippen molar-refractivity contribution >= 4 is 16.0 Å². The fraction of sp³-hybridized carbons (Fsp3) is 0.400. The summed E-state index contributed by atoms with van der Waals surface area (Å²) in [4.78, 5) is 14.3. The van der Waals surface area contributed by atoms with Crippen LogP contribution >= 0.6 is 0 Å². The van der Waals surface area contributed by atoms with Gasteiger partial charge in [0.1, 0.15) is 6.04 Å². The van der Waals surface area contributed by atoms with Gasteiger partial charge in [0.2, 0.25) is 10.0 Å². The minimum atomic E-state index is -3.58. The van der Waals surface area contributed by atoms with Crippen LogP contribution in [0.5, 0.6) is 0 Å². The molecule has 0 aliphatic rings. The molecule has 94 valence electrons. The third-order valence-corrected chi connectivity index (χ3v) is 3.59. The lowest BCUT2D eigenvalue weighted by Gasteiger charge is -2.09. The largest absolute Gasteiger partial charge is 0.480 e. The molecule has 17 heavy (non-hydrogen) atoms. The lowest BCUT2D eigenvalue weighted by molar-refractivity contribution is -0.138. The van der Waals surface area contributed by atoms with Gasteiger partial charge in [-0.1, -0.05) is 0 Å². The van der Waals surface area contributed by atoms with E-state index >= 15 is 0 Å². The van der Waals surface area contributed by atoms with Crippen molar-refractivity contribution in [1.82, 2.24) is 9.71 Å². The van der Waals surface area contributed by atoms with Gasteiger partial charge in [0.05, 0.1) is 5.75 Å². The van der Waals surface area contributed by atoms with Gasteiger partial charge in [-0.3, -0.25) is 9.78 Å². The lowest BCUT2D eigenvalue weighted by atomic mass is 10.2. The average molecular weight is 258 g/mol. The van der Waals surface area contributed by atoms with Gasteiger partial charge >= 0.3 is 5.97 Å². The molecule has 2 N–H and O–H groups in total. The Hall–Kier alpha value is -1.47. The van der Waals surface area contributed by atoms with Crippen LogP contribution in [0.1, 0.15) is 12.5 Å². The van der Waals surface area contributed by atoms with Gasteiger partial charge in [0, 0.05) is 12.4 Å². The van der Waals surface area contributed by atoms with Crippen LogP contribution < -0.4 is 4.72 Å². The maximum absolute atomic E-state index is 11.5. The Morgan fingerprint density at radius 1 is 1.47 bits per heavy atom. The molecule has 0 aromatic carbocycles. The molecule has 1 aromatic heterocycles. The molecule has 6 nitrogen and oxygen atoms in total. The molecule has 0 saturated carbocycles. The van der Waals surface area contributed by atoms with Gasteiger partial charge in [-0.15, -0.1) is 0 Å². The molecule has 0 fully saturated rings. The molecule has 0 radical (unpaired) electrons. The second-order valence-corrected chi connectivity index (χ2v) is 5.48. The molecule has 0 saturated heterocycles. The third-order valence-electron chi connectivity index (χ3n) is 2.14. The highest BCUT2D eigenvalue weighted by Crippen LogP contribution is 2.00. The molecular weight excluding hydrogens is 244 g/mol. The summed E-state index contributed by atoms with van der Waals surface area (Å²) >= 11 is 0. The molecule has 0 aliphatic carbocycles. The van der Waals surface area contributed by atoms with E-state index in [-0.39, 0.29) is 5.75 Å². The van der Waals surface area contributed by atoms with Crippen molar-refractivity contribution in [3.8, 4) is 0 Å². The first-order valence-electron chi connectivity index (χ1n) is 5.02. The normalized spacial score (nSPS) is 13.2. The minimum absolute atomic E-state index is 0.144. The Kier molecular flexibility index (Phi) is 4.59. The molecule has 1 atom stereocenters. The van der Waals surface area contributed by atoms with Gasteiger partial charge in [0.15, 0.2) is 0 Å². The van der Waals surface area contributed by atoms with Crippen LogP contribution in [0.4, 0.5) is 0 Å². The van der Waals surface area contributed by atoms with E-state index in [4.69, 9.17) is 5.11 Å². The summed E-state index contributed by atoms with van der Waals surface area (Å²) in [6.45, 7) is 1.28. The second-order valence-electron chi connectivity index (χ2n) is 3.60. The van der Waals surface area contributed by atoms with E-state index in [0.29, 0.717) is 6.42 Å². The quantitative estimate of drug-likeness (QED) is 0.749. The molecule has 1 rings (SSSR count). The molecular formula is C10H14N2O4S. The highest BCUT2D eigenvalue weighted by molar-refractivity contribution is 7.89. The third kappa shape index (κ3) is 4.92. The van der Waals surface area contributed by atoms with Crippen LogP contribution in [0.3, 0.4) is 0 Å². The molecule has 7 heteroatoms. The SMILES string of the molecule is CC(NS(=O)(=O)CCc1ccncc1)C(=O)O. The van der Waals surface area contributed by atoms with Crippen molar-refractivity contribution < 1.29 is 18.3 Å². The average Bonchev–Trinajstić information content (AvgIpc) is 2.27.